The molecule has 1 aromatic heterocycles. The lowest BCUT2D eigenvalue weighted by Gasteiger charge is -2.20. The van der Waals surface area contributed by atoms with Gasteiger partial charge in [0.25, 0.3) is 0 Å². The summed E-state index contributed by atoms with van der Waals surface area (Å²) in [7, 11) is 3.64. The van der Waals surface area contributed by atoms with Gasteiger partial charge in [0, 0.05) is 26.0 Å². The Hall–Kier alpha value is -2.37. The first kappa shape index (κ1) is 15.0. The van der Waals surface area contributed by atoms with Crippen molar-refractivity contribution in [1.82, 2.24) is 15.3 Å². The standard InChI is InChI=1S/C15H21N5O/c1-4-9-17-13(21)10-20(3)14-11-7-5-6-8-12(11)18-15(16-2)19-14/h5-8H,4,9-10H2,1-3H3,(H,17,21)(H,16,18,19). The number of hydrogen-bond donors (Lipinski definition) is 2. The van der Waals surface area contributed by atoms with Gasteiger partial charge in [0.05, 0.1) is 12.1 Å². The number of anilines is 2. The average Bonchev–Trinajstić information content (AvgIpc) is 2.51. The molecule has 6 heteroatoms. The number of nitrogens with zero attached hydrogens (tertiary/aromatic N) is 3. The third-order valence-corrected chi connectivity index (χ3v) is 3.12. The summed E-state index contributed by atoms with van der Waals surface area (Å²) in [6.07, 6.45) is 0.926. The van der Waals surface area contributed by atoms with Gasteiger partial charge in [0.2, 0.25) is 11.9 Å². The summed E-state index contributed by atoms with van der Waals surface area (Å²) >= 11 is 0. The molecule has 0 bridgehead atoms. The molecule has 0 aliphatic rings. The predicted octanol–water partition coefficient (Wildman–Crippen LogP) is 1.63. The van der Waals surface area contributed by atoms with Crippen LogP contribution in [0, 0.1) is 0 Å². The van der Waals surface area contributed by atoms with Crippen LogP contribution in [0.25, 0.3) is 10.9 Å². The zero-order valence-corrected chi connectivity index (χ0v) is 12.7. The van der Waals surface area contributed by atoms with Gasteiger partial charge in [0.15, 0.2) is 0 Å². The highest BCUT2D eigenvalue weighted by Crippen LogP contribution is 2.24. The molecule has 2 aromatic rings. The molecule has 21 heavy (non-hydrogen) atoms. The molecule has 0 fully saturated rings. The number of aromatic nitrogens is 2. The summed E-state index contributed by atoms with van der Waals surface area (Å²) in [6.45, 7) is 2.99. The van der Waals surface area contributed by atoms with Gasteiger partial charge in [-0.05, 0) is 18.6 Å². The molecule has 6 nitrogen and oxygen atoms in total. The zero-order valence-electron chi connectivity index (χ0n) is 12.7. The van der Waals surface area contributed by atoms with E-state index in [9.17, 15) is 4.79 Å². The Balaban J connectivity index is 2.29. The molecule has 0 spiro atoms. The second-order valence-corrected chi connectivity index (χ2v) is 4.84. The van der Waals surface area contributed by atoms with Gasteiger partial charge >= 0.3 is 0 Å². The largest absolute Gasteiger partial charge is 0.357 e. The number of para-hydroxylation sites is 1. The van der Waals surface area contributed by atoms with Gasteiger partial charge in [-0.15, -0.1) is 0 Å². The predicted molar refractivity (Wildman–Crippen MR) is 85.7 cm³/mol. The normalized spacial score (nSPS) is 10.4. The minimum Gasteiger partial charge on any atom is -0.357 e. The number of rotatable bonds is 6. The van der Waals surface area contributed by atoms with E-state index in [1.54, 1.807) is 7.05 Å². The number of carbonyl (C=O) groups is 1. The molecule has 112 valence electrons. The van der Waals surface area contributed by atoms with Crippen LogP contribution >= 0.6 is 0 Å². The lowest BCUT2D eigenvalue weighted by molar-refractivity contribution is -0.119. The molecule has 1 heterocycles. The number of likely N-dealkylation sites (N-methyl/N-ethyl adjacent to an activating group) is 1. The molecule has 2 N–H and O–H groups in total. The van der Waals surface area contributed by atoms with Crippen LogP contribution < -0.4 is 15.5 Å². The van der Waals surface area contributed by atoms with Gasteiger partial charge in [-0.1, -0.05) is 19.1 Å². The summed E-state index contributed by atoms with van der Waals surface area (Å²) < 4.78 is 0. The van der Waals surface area contributed by atoms with E-state index in [0.717, 1.165) is 23.1 Å². The molecular formula is C15H21N5O. The van der Waals surface area contributed by atoms with Crippen molar-refractivity contribution in [3.63, 3.8) is 0 Å². The maximum atomic E-state index is 11.9. The molecule has 0 aliphatic heterocycles. The van der Waals surface area contributed by atoms with E-state index >= 15 is 0 Å². The van der Waals surface area contributed by atoms with Crippen LogP contribution in [0.5, 0.6) is 0 Å². The van der Waals surface area contributed by atoms with Gasteiger partial charge in [0.1, 0.15) is 5.82 Å². The highest BCUT2D eigenvalue weighted by Gasteiger charge is 2.13. The van der Waals surface area contributed by atoms with Crippen LogP contribution in [0.3, 0.4) is 0 Å². The number of fused-ring (bicyclic) bond motifs is 1. The van der Waals surface area contributed by atoms with Gasteiger partial charge < -0.3 is 15.5 Å². The number of amides is 1. The van der Waals surface area contributed by atoms with Crippen molar-refractivity contribution in [2.75, 3.05) is 37.4 Å². The van der Waals surface area contributed by atoms with Crippen LogP contribution in [0.4, 0.5) is 11.8 Å². The molecular weight excluding hydrogens is 266 g/mol. The van der Waals surface area contributed by atoms with E-state index in [4.69, 9.17) is 0 Å². The third kappa shape index (κ3) is 3.59. The van der Waals surface area contributed by atoms with Gasteiger partial charge in [-0.25, -0.2) is 4.98 Å². The van der Waals surface area contributed by atoms with Crippen molar-refractivity contribution in [1.29, 1.82) is 0 Å². The maximum absolute atomic E-state index is 11.9. The van der Waals surface area contributed by atoms with E-state index in [2.05, 4.69) is 20.6 Å². The highest BCUT2D eigenvalue weighted by molar-refractivity contribution is 5.92. The van der Waals surface area contributed by atoms with E-state index in [0.29, 0.717) is 12.5 Å². The van der Waals surface area contributed by atoms with Crippen molar-refractivity contribution in [3.05, 3.63) is 24.3 Å². The Kier molecular flexibility index (Phi) is 4.92. The summed E-state index contributed by atoms with van der Waals surface area (Å²) in [5.41, 5.74) is 0.854. The fourth-order valence-electron chi connectivity index (χ4n) is 2.07. The lowest BCUT2D eigenvalue weighted by atomic mass is 10.2. The Bertz CT molecular complexity index is 628. The Morgan fingerprint density at radius 1 is 1.29 bits per heavy atom. The smallest absolute Gasteiger partial charge is 0.239 e. The first-order chi connectivity index (χ1) is 10.2. The molecule has 0 saturated carbocycles. The molecule has 0 atom stereocenters. The Labute approximate surface area is 124 Å². The quantitative estimate of drug-likeness (QED) is 0.845. The van der Waals surface area contributed by atoms with Crippen LogP contribution in [-0.4, -0.2) is 43.1 Å². The van der Waals surface area contributed by atoms with Crippen LogP contribution in [-0.2, 0) is 4.79 Å². The minimum atomic E-state index is -0.00643. The summed E-state index contributed by atoms with van der Waals surface area (Å²) in [6, 6.07) is 7.78. The van der Waals surface area contributed by atoms with Crippen LogP contribution in [0.15, 0.2) is 24.3 Å². The molecule has 2 rings (SSSR count). The van der Waals surface area contributed by atoms with Gasteiger partial charge in [-0.2, -0.15) is 4.98 Å². The number of nitrogens with one attached hydrogen (secondary N) is 2. The molecule has 0 unspecified atom stereocenters. The second kappa shape index (κ2) is 6.88. The SMILES string of the molecule is CCCNC(=O)CN(C)c1nc(NC)nc2ccccc12. The summed E-state index contributed by atoms with van der Waals surface area (Å²) in [4.78, 5) is 22.6. The van der Waals surface area contributed by atoms with E-state index in [1.807, 2.05) is 43.1 Å². The van der Waals surface area contributed by atoms with Crippen LogP contribution in [0.1, 0.15) is 13.3 Å². The first-order valence-electron chi connectivity index (χ1n) is 7.08. The van der Waals surface area contributed by atoms with E-state index in [1.165, 1.54) is 0 Å². The molecule has 0 radical (unpaired) electrons. The Morgan fingerprint density at radius 3 is 2.76 bits per heavy atom. The van der Waals surface area contributed by atoms with Crippen molar-refractivity contribution in [2.24, 2.45) is 0 Å². The summed E-state index contributed by atoms with van der Waals surface area (Å²) in [5, 5.41) is 6.76. The number of carbonyl (C=O) groups excluding carboxylic acids is 1. The molecule has 1 amide bonds. The van der Waals surface area contributed by atoms with E-state index in [-0.39, 0.29) is 12.5 Å². The second-order valence-electron chi connectivity index (χ2n) is 4.84. The Morgan fingerprint density at radius 2 is 2.05 bits per heavy atom. The highest BCUT2D eigenvalue weighted by atomic mass is 16.2. The monoisotopic (exact) mass is 287 g/mol. The summed E-state index contributed by atoms with van der Waals surface area (Å²) in [5.74, 6) is 1.29. The van der Waals surface area contributed by atoms with Crippen LogP contribution in [0.2, 0.25) is 0 Å². The molecule has 0 saturated heterocycles. The third-order valence-electron chi connectivity index (χ3n) is 3.12. The van der Waals surface area contributed by atoms with Gasteiger partial charge in [-0.3, -0.25) is 4.79 Å². The number of benzene rings is 1. The fourth-order valence-corrected chi connectivity index (χ4v) is 2.07. The minimum absolute atomic E-state index is 0.00643. The van der Waals surface area contributed by atoms with Crippen molar-refractivity contribution in [3.8, 4) is 0 Å². The maximum Gasteiger partial charge on any atom is 0.239 e. The zero-order chi connectivity index (χ0) is 15.2. The first-order valence-corrected chi connectivity index (χ1v) is 7.08. The van der Waals surface area contributed by atoms with Crippen molar-refractivity contribution >= 4 is 28.6 Å². The lowest BCUT2D eigenvalue weighted by Crippen LogP contribution is -2.36. The average molecular weight is 287 g/mol. The topological polar surface area (TPSA) is 70.2 Å². The molecule has 1 aromatic carbocycles. The van der Waals surface area contributed by atoms with Crippen molar-refractivity contribution in [2.45, 2.75) is 13.3 Å². The van der Waals surface area contributed by atoms with E-state index < -0.39 is 0 Å². The van der Waals surface area contributed by atoms with Crippen molar-refractivity contribution < 1.29 is 4.79 Å². The number of hydrogen-bond acceptors (Lipinski definition) is 5. The fraction of sp³-hybridized carbons (Fsp3) is 0.400. The molecule has 0 aliphatic carbocycles.